The number of aliphatic hydroxyl groups excluding tert-OH is 2. The van der Waals surface area contributed by atoms with Crippen LogP contribution in [0.2, 0.25) is 0 Å². The Bertz CT molecular complexity index is 351. The van der Waals surface area contributed by atoms with Gasteiger partial charge in [0.2, 0.25) is 0 Å². The van der Waals surface area contributed by atoms with Gasteiger partial charge in [0.1, 0.15) is 19.3 Å². The number of rotatable bonds is 5. The van der Waals surface area contributed by atoms with E-state index in [0.717, 1.165) is 5.56 Å². The van der Waals surface area contributed by atoms with E-state index >= 15 is 0 Å². The molecule has 0 aliphatic rings. The molecule has 0 amide bonds. The fourth-order valence-corrected chi connectivity index (χ4v) is 1.45. The van der Waals surface area contributed by atoms with E-state index in [2.05, 4.69) is 0 Å². The molecular weight excluding hydrogens is 210 g/mol. The van der Waals surface area contributed by atoms with Crippen LogP contribution < -0.4 is 15.4 Å². The van der Waals surface area contributed by atoms with Gasteiger partial charge in [-0.15, -0.1) is 0 Å². The van der Waals surface area contributed by atoms with Crippen LogP contribution in [0.25, 0.3) is 0 Å². The van der Waals surface area contributed by atoms with E-state index in [-0.39, 0.29) is 13.2 Å². The topological polar surface area (TPSA) is 96.7 Å². The van der Waals surface area contributed by atoms with Crippen molar-refractivity contribution in [2.24, 2.45) is 0 Å². The van der Waals surface area contributed by atoms with Crippen LogP contribution in [0.3, 0.4) is 0 Å². The maximum Gasteiger partial charge on any atom is 0.280 e. The molecule has 0 atom stereocenters. The van der Waals surface area contributed by atoms with Gasteiger partial charge in [0.15, 0.2) is 0 Å². The lowest BCUT2D eigenvalue weighted by Gasteiger charge is -2.20. The van der Waals surface area contributed by atoms with Gasteiger partial charge < -0.3 is 21.2 Å². The molecule has 0 bridgehead atoms. The molecule has 4 N–H and O–H groups in total. The minimum atomic E-state index is -0.0799. The molecule has 6 nitrogen and oxygen atoms in total. The van der Waals surface area contributed by atoms with E-state index in [0.29, 0.717) is 29.3 Å². The maximum atomic E-state index is 11.6. The fraction of sp³-hybridized carbons (Fsp3) is 0.500. The van der Waals surface area contributed by atoms with E-state index in [4.69, 9.17) is 15.9 Å². The van der Waals surface area contributed by atoms with E-state index in [1.165, 1.54) is 6.20 Å². The minimum absolute atomic E-state index is 0.0799. The zero-order valence-electron chi connectivity index (χ0n) is 9.26. The highest BCUT2D eigenvalue weighted by Gasteiger charge is 2.16. The number of nitrogens with zero attached hydrogens (tertiary/aromatic N) is 2. The molecule has 1 rings (SSSR count). The van der Waals surface area contributed by atoms with Crippen LogP contribution in [0, 0.1) is 12.1 Å². The molecule has 0 radical (unpaired) electrons. The van der Waals surface area contributed by atoms with Gasteiger partial charge in [-0.3, -0.25) is 4.90 Å². The van der Waals surface area contributed by atoms with Gasteiger partial charge in [-0.2, -0.15) is 0 Å². The summed E-state index contributed by atoms with van der Waals surface area (Å²) in [5, 5.41) is 29.4. The first-order valence-corrected chi connectivity index (χ1v) is 5.06. The molecule has 0 unspecified atom stereocenters. The van der Waals surface area contributed by atoms with Gasteiger partial charge in [-0.25, -0.2) is 4.73 Å². The normalized spacial score (nSPS) is 10.4. The molecule has 0 aliphatic heterocycles. The highest BCUT2D eigenvalue weighted by Crippen LogP contribution is 2.14. The molecule has 0 saturated heterocycles. The Balaban J connectivity index is 3.03. The first kappa shape index (κ1) is 12.5. The van der Waals surface area contributed by atoms with Gasteiger partial charge in [0.25, 0.3) is 5.82 Å². The van der Waals surface area contributed by atoms with Crippen molar-refractivity contribution in [3.05, 3.63) is 23.0 Å². The highest BCUT2D eigenvalue weighted by molar-refractivity contribution is 5.48. The summed E-state index contributed by atoms with van der Waals surface area (Å²) in [6.45, 7) is 2.24. The van der Waals surface area contributed by atoms with E-state index in [1.807, 2.05) is 0 Å². The zero-order chi connectivity index (χ0) is 12.1. The van der Waals surface area contributed by atoms with Gasteiger partial charge >= 0.3 is 0 Å². The first-order chi connectivity index (χ1) is 7.60. The van der Waals surface area contributed by atoms with Gasteiger partial charge in [0, 0.05) is 6.07 Å². The smallest absolute Gasteiger partial charge is 0.280 e. The Hall–Kier alpha value is -1.53. The van der Waals surface area contributed by atoms with E-state index in [9.17, 15) is 5.21 Å². The Morgan fingerprint density at radius 1 is 1.38 bits per heavy atom. The SMILES string of the molecule is Cc1cc(N(CCO)CCO)[n+]([O-])cc1N. The number of hydrogen-bond donors (Lipinski definition) is 3. The van der Waals surface area contributed by atoms with E-state index < -0.39 is 0 Å². The number of aryl methyl sites for hydroxylation is 1. The molecule has 0 aliphatic carbocycles. The van der Waals surface area contributed by atoms with Crippen LogP contribution in [0.5, 0.6) is 0 Å². The maximum absolute atomic E-state index is 11.6. The van der Waals surface area contributed by atoms with Crippen LogP contribution >= 0.6 is 0 Å². The molecule has 90 valence electrons. The number of anilines is 2. The first-order valence-electron chi connectivity index (χ1n) is 5.06. The molecule has 1 aromatic heterocycles. The average Bonchev–Trinajstić information content (AvgIpc) is 2.23. The number of aliphatic hydroxyl groups is 2. The lowest BCUT2D eigenvalue weighted by atomic mass is 10.2. The van der Waals surface area contributed by atoms with E-state index in [1.54, 1.807) is 17.9 Å². The second-order valence-electron chi connectivity index (χ2n) is 3.53. The zero-order valence-corrected chi connectivity index (χ0v) is 9.26. The Kier molecular flexibility index (Phi) is 4.33. The summed E-state index contributed by atoms with van der Waals surface area (Å²) in [5.74, 6) is 0.384. The van der Waals surface area contributed by atoms with Crippen molar-refractivity contribution in [3.63, 3.8) is 0 Å². The number of nitrogens with two attached hydrogens (primary N) is 1. The summed E-state index contributed by atoms with van der Waals surface area (Å²) in [7, 11) is 0. The van der Waals surface area contributed by atoms with Crippen molar-refractivity contribution in [2.75, 3.05) is 36.9 Å². The predicted molar refractivity (Wildman–Crippen MR) is 60.9 cm³/mol. The monoisotopic (exact) mass is 227 g/mol. The Labute approximate surface area is 94.1 Å². The quantitative estimate of drug-likeness (QED) is 0.443. The molecule has 0 saturated carbocycles. The van der Waals surface area contributed by atoms with Gasteiger partial charge in [-0.05, 0) is 12.5 Å². The lowest BCUT2D eigenvalue weighted by Crippen LogP contribution is -2.41. The fourth-order valence-electron chi connectivity index (χ4n) is 1.45. The molecule has 1 heterocycles. The standard InChI is InChI=1S/C10H17N3O3/c1-8-6-10(13(16)7-9(8)11)12(2-4-14)3-5-15/h6-7,14-15H,2-5,11H2,1H3. The Morgan fingerprint density at radius 3 is 2.44 bits per heavy atom. The molecule has 1 aromatic rings. The third-order valence-corrected chi connectivity index (χ3v) is 2.35. The minimum Gasteiger partial charge on any atom is -0.711 e. The van der Waals surface area contributed by atoms with Crippen molar-refractivity contribution >= 4 is 11.5 Å². The highest BCUT2D eigenvalue weighted by atomic mass is 16.5. The summed E-state index contributed by atoms with van der Waals surface area (Å²) < 4.78 is 0.646. The number of aromatic nitrogens is 1. The molecule has 0 aromatic carbocycles. The van der Waals surface area contributed by atoms with Crippen molar-refractivity contribution in [1.29, 1.82) is 0 Å². The molecular formula is C10H17N3O3. The van der Waals surface area contributed by atoms with Crippen LogP contribution in [-0.2, 0) is 0 Å². The average molecular weight is 227 g/mol. The van der Waals surface area contributed by atoms with Crippen molar-refractivity contribution < 1.29 is 14.9 Å². The summed E-state index contributed by atoms with van der Waals surface area (Å²) >= 11 is 0. The second-order valence-corrected chi connectivity index (χ2v) is 3.53. The Morgan fingerprint density at radius 2 is 1.94 bits per heavy atom. The largest absolute Gasteiger partial charge is 0.711 e. The van der Waals surface area contributed by atoms with Crippen molar-refractivity contribution in [2.45, 2.75) is 6.92 Å². The summed E-state index contributed by atoms with van der Waals surface area (Å²) in [6, 6.07) is 1.65. The number of nitrogen functional groups attached to an aromatic ring is 1. The predicted octanol–water partition coefficient (Wildman–Crippen LogP) is -0.998. The van der Waals surface area contributed by atoms with Crippen LogP contribution in [0.1, 0.15) is 5.56 Å². The van der Waals surface area contributed by atoms with Crippen molar-refractivity contribution in [3.8, 4) is 0 Å². The van der Waals surface area contributed by atoms with Crippen molar-refractivity contribution in [1.82, 2.24) is 0 Å². The molecule has 0 fully saturated rings. The van der Waals surface area contributed by atoms with Gasteiger partial charge in [0.05, 0.1) is 18.9 Å². The number of hydrogen-bond acceptors (Lipinski definition) is 5. The molecule has 0 spiro atoms. The second kappa shape index (κ2) is 5.53. The molecule has 6 heteroatoms. The third-order valence-electron chi connectivity index (χ3n) is 2.35. The summed E-state index contributed by atoms with van der Waals surface area (Å²) in [4.78, 5) is 1.61. The summed E-state index contributed by atoms with van der Waals surface area (Å²) in [5.41, 5.74) is 6.82. The van der Waals surface area contributed by atoms with Crippen LogP contribution in [0.15, 0.2) is 12.3 Å². The number of pyridine rings is 1. The summed E-state index contributed by atoms with van der Waals surface area (Å²) in [6.07, 6.45) is 1.28. The van der Waals surface area contributed by atoms with Gasteiger partial charge in [-0.1, -0.05) is 0 Å². The van der Waals surface area contributed by atoms with Crippen LogP contribution in [0.4, 0.5) is 11.5 Å². The lowest BCUT2D eigenvalue weighted by molar-refractivity contribution is -0.591. The molecule has 16 heavy (non-hydrogen) atoms. The van der Waals surface area contributed by atoms with Crippen LogP contribution in [-0.4, -0.2) is 36.5 Å². The third kappa shape index (κ3) is 2.74.